The molecule has 1 unspecified atom stereocenters. The van der Waals surface area contributed by atoms with Crippen molar-refractivity contribution < 1.29 is 4.79 Å². The molecule has 1 amide bonds. The number of hydrogen-bond acceptors (Lipinski definition) is 4. The van der Waals surface area contributed by atoms with Crippen molar-refractivity contribution in [1.29, 1.82) is 0 Å². The molecule has 1 atom stereocenters. The number of carbonyl (C=O) groups excluding carboxylic acids is 1. The summed E-state index contributed by atoms with van der Waals surface area (Å²) < 4.78 is 0. The number of guanidine groups is 1. The normalized spacial score (nSPS) is 16.6. The van der Waals surface area contributed by atoms with Gasteiger partial charge in [0.1, 0.15) is 0 Å². The maximum absolute atomic E-state index is 11.7. The van der Waals surface area contributed by atoms with Gasteiger partial charge in [-0.05, 0) is 37.1 Å². The summed E-state index contributed by atoms with van der Waals surface area (Å²) in [5.74, 6) is 1.33. The van der Waals surface area contributed by atoms with Crippen LogP contribution in [0.2, 0.25) is 0 Å². The van der Waals surface area contributed by atoms with Crippen LogP contribution in [0.15, 0.2) is 29.3 Å². The van der Waals surface area contributed by atoms with Crippen LogP contribution in [-0.2, 0) is 6.42 Å². The highest BCUT2D eigenvalue weighted by Crippen LogP contribution is 2.06. The lowest BCUT2D eigenvalue weighted by Crippen LogP contribution is -2.47. The molecular formula is C21H37IN6O. The van der Waals surface area contributed by atoms with Crippen LogP contribution in [0.25, 0.3) is 0 Å². The summed E-state index contributed by atoms with van der Waals surface area (Å²) in [6, 6.07) is 7.74. The van der Waals surface area contributed by atoms with E-state index in [9.17, 15) is 4.79 Å². The molecule has 0 aliphatic carbocycles. The van der Waals surface area contributed by atoms with Gasteiger partial charge >= 0.3 is 0 Å². The zero-order chi connectivity index (χ0) is 20.4. The van der Waals surface area contributed by atoms with Crippen molar-refractivity contribution in [1.82, 2.24) is 25.8 Å². The molecule has 0 saturated carbocycles. The Morgan fingerprint density at radius 3 is 2.59 bits per heavy atom. The molecule has 7 nitrogen and oxygen atoms in total. The van der Waals surface area contributed by atoms with Crippen LogP contribution in [0.3, 0.4) is 0 Å². The van der Waals surface area contributed by atoms with E-state index in [1.807, 2.05) is 24.3 Å². The fraction of sp³-hybridized carbons (Fsp3) is 0.619. The van der Waals surface area contributed by atoms with Gasteiger partial charge in [-0.15, -0.1) is 24.0 Å². The zero-order valence-electron chi connectivity index (χ0n) is 18.2. The van der Waals surface area contributed by atoms with Crippen molar-refractivity contribution in [3.05, 3.63) is 35.4 Å². The Kier molecular flexibility index (Phi) is 12.2. The quantitative estimate of drug-likeness (QED) is 0.276. The number of rotatable bonds is 8. The van der Waals surface area contributed by atoms with Gasteiger partial charge in [0.05, 0.1) is 0 Å². The summed E-state index contributed by atoms with van der Waals surface area (Å²) in [7, 11) is 5.64. The second kappa shape index (κ2) is 13.8. The fourth-order valence-corrected chi connectivity index (χ4v) is 3.36. The second-order valence-electron chi connectivity index (χ2n) is 7.62. The molecule has 8 heteroatoms. The second-order valence-corrected chi connectivity index (χ2v) is 7.62. The van der Waals surface area contributed by atoms with E-state index < -0.39 is 0 Å². The predicted molar refractivity (Wildman–Crippen MR) is 131 cm³/mol. The smallest absolute Gasteiger partial charge is 0.251 e. The number of likely N-dealkylation sites (N-methyl/N-ethyl adjacent to an activating group) is 1. The van der Waals surface area contributed by atoms with Gasteiger partial charge in [0.25, 0.3) is 5.91 Å². The summed E-state index contributed by atoms with van der Waals surface area (Å²) in [6.07, 6.45) is 0.836. The molecule has 0 bridgehead atoms. The summed E-state index contributed by atoms with van der Waals surface area (Å²) in [5.41, 5.74) is 1.83. The molecule has 0 spiro atoms. The molecule has 1 fully saturated rings. The Labute approximate surface area is 192 Å². The van der Waals surface area contributed by atoms with Crippen molar-refractivity contribution in [2.75, 3.05) is 67.0 Å². The van der Waals surface area contributed by atoms with Gasteiger partial charge in [-0.2, -0.15) is 0 Å². The SMILES string of the molecule is CN=C(NCCc1cccc(C(=O)NC)c1)NCC(C)CN1CCN(C)CC1.I. The van der Waals surface area contributed by atoms with Gasteiger partial charge in [-0.1, -0.05) is 19.1 Å². The first-order chi connectivity index (χ1) is 13.5. The van der Waals surface area contributed by atoms with E-state index in [1.54, 1.807) is 14.1 Å². The minimum absolute atomic E-state index is 0. The molecule has 1 heterocycles. The minimum atomic E-state index is -0.0541. The Bertz CT molecular complexity index is 646. The van der Waals surface area contributed by atoms with Crippen LogP contribution in [0.4, 0.5) is 0 Å². The highest BCUT2D eigenvalue weighted by molar-refractivity contribution is 14.0. The van der Waals surface area contributed by atoms with E-state index in [0.29, 0.717) is 11.5 Å². The van der Waals surface area contributed by atoms with Gasteiger partial charge < -0.3 is 25.8 Å². The third-order valence-electron chi connectivity index (χ3n) is 5.13. The van der Waals surface area contributed by atoms with Crippen molar-refractivity contribution in [2.45, 2.75) is 13.3 Å². The lowest BCUT2D eigenvalue weighted by atomic mass is 10.1. The first-order valence-corrected chi connectivity index (χ1v) is 10.2. The number of nitrogens with one attached hydrogen (secondary N) is 3. The van der Waals surface area contributed by atoms with E-state index in [4.69, 9.17) is 0 Å². The molecular weight excluding hydrogens is 479 g/mol. The summed E-state index contributed by atoms with van der Waals surface area (Å²) in [6.45, 7) is 9.69. The summed E-state index contributed by atoms with van der Waals surface area (Å²) in [4.78, 5) is 21.0. The molecule has 164 valence electrons. The molecule has 1 aliphatic rings. The van der Waals surface area contributed by atoms with Gasteiger partial charge in [-0.25, -0.2) is 0 Å². The van der Waals surface area contributed by atoms with E-state index in [1.165, 1.54) is 0 Å². The number of hydrogen-bond donors (Lipinski definition) is 3. The predicted octanol–water partition coefficient (Wildman–Crippen LogP) is 1.26. The van der Waals surface area contributed by atoms with Crippen LogP contribution < -0.4 is 16.0 Å². The Morgan fingerprint density at radius 1 is 1.21 bits per heavy atom. The van der Waals surface area contributed by atoms with Crippen molar-refractivity contribution >= 4 is 35.8 Å². The minimum Gasteiger partial charge on any atom is -0.356 e. The Morgan fingerprint density at radius 2 is 1.93 bits per heavy atom. The molecule has 0 aromatic heterocycles. The number of aliphatic imine (C=N–C) groups is 1. The molecule has 2 rings (SSSR count). The first kappa shape index (κ1) is 25.6. The largest absolute Gasteiger partial charge is 0.356 e. The standard InChI is InChI=1S/C21H36N6O.HI/c1-17(16-27-12-10-26(4)11-13-27)15-25-21(23-3)24-9-8-18-6-5-7-19(14-18)20(28)22-2;/h5-7,14,17H,8-13,15-16H2,1-4H3,(H,22,28)(H2,23,24,25);1H. The van der Waals surface area contributed by atoms with Crippen molar-refractivity contribution in [3.8, 4) is 0 Å². The lowest BCUT2D eigenvalue weighted by Gasteiger charge is -2.34. The zero-order valence-corrected chi connectivity index (χ0v) is 20.5. The topological polar surface area (TPSA) is 72.0 Å². The molecule has 1 saturated heterocycles. The van der Waals surface area contributed by atoms with E-state index in [0.717, 1.165) is 63.8 Å². The van der Waals surface area contributed by atoms with Gasteiger partial charge in [-0.3, -0.25) is 9.79 Å². The molecule has 29 heavy (non-hydrogen) atoms. The van der Waals surface area contributed by atoms with Crippen LogP contribution in [0, 0.1) is 5.92 Å². The van der Waals surface area contributed by atoms with E-state index >= 15 is 0 Å². The van der Waals surface area contributed by atoms with Crippen LogP contribution in [-0.4, -0.2) is 88.6 Å². The van der Waals surface area contributed by atoms with Crippen molar-refractivity contribution in [3.63, 3.8) is 0 Å². The summed E-state index contributed by atoms with van der Waals surface area (Å²) in [5, 5.41) is 9.45. The molecule has 3 N–H and O–H groups in total. The molecule has 1 aromatic rings. The third-order valence-corrected chi connectivity index (χ3v) is 5.13. The highest BCUT2D eigenvalue weighted by Gasteiger charge is 2.16. The Balaban J connectivity index is 0.00000420. The van der Waals surface area contributed by atoms with Crippen LogP contribution >= 0.6 is 24.0 Å². The van der Waals surface area contributed by atoms with Gasteiger partial charge in [0.15, 0.2) is 5.96 Å². The average molecular weight is 516 g/mol. The monoisotopic (exact) mass is 516 g/mol. The van der Waals surface area contributed by atoms with Gasteiger partial charge in [0, 0.05) is 65.5 Å². The summed E-state index contributed by atoms with van der Waals surface area (Å²) >= 11 is 0. The van der Waals surface area contributed by atoms with Gasteiger partial charge in [0.2, 0.25) is 0 Å². The number of amides is 1. The highest BCUT2D eigenvalue weighted by atomic mass is 127. The maximum Gasteiger partial charge on any atom is 0.251 e. The third kappa shape index (κ3) is 9.31. The molecule has 1 aromatic carbocycles. The molecule has 1 aliphatic heterocycles. The Hall–Kier alpha value is -1.39. The van der Waals surface area contributed by atoms with Crippen LogP contribution in [0.1, 0.15) is 22.8 Å². The first-order valence-electron chi connectivity index (χ1n) is 10.2. The number of nitrogens with zero attached hydrogens (tertiary/aromatic N) is 3. The number of benzene rings is 1. The number of carbonyl (C=O) groups is 1. The number of piperazine rings is 1. The molecule has 0 radical (unpaired) electrons. The van der Waals surface area contributed by atoms with Crippen LogP contribution in [0.5, 0.6) is 0 Å². The number of halogens is 1. The van der Waals surface area contributed by atoms with Crippen molar-refractivity contribution in [2.24, 2.45) is 10.9 Å². The fourth-order valence-electron chi connectivity index (χ4n) is 3.36. The lowest BCUT2D eigenvalue weighted by molar-refractivity contribution is 0.0963. The average Bonchev–Trinajstić information content (AvgIpc) is 2.71. The van der Waals surface area contributed by atoms with E-state index in [2.05, 4.69) is 44.7 Å². The van der Waals surface area contributed by atoms with E-state index in [-0.39, 0.29) is 29.9 Å². The maximum atomic E-state index is 11.7.